The molecule has 0 fully saturated rings. The number of ether oxygens (including phenoxy) is 1. The molecule has 0 amide bonds. The summed E-state index contributed by atoms with van der Waals surface area (Å²) < 4.78 is 20.2. The highest BCUT2D eigenvalue weighted by atomic mass is 79.9. The van der Waals surface area contributed by atoms with Gasteiger partial charge < -0.3 is 4.74 Å². The maximum absolute atomic E-state index is 14.1. The van der Waals surface area contributed by atoms with Crippen LogP contribution in [0.3, 0.4) is 0 Å². The average Bonchev–Trinajstić information content (AvgIpc) is 2.41. The molecular formula is C15H13Br2FO. The lowest BCUT2D eigenvalue weighted by Crippen LogP contribution is -1.99. The smallest absolute Gasteiger partial charge is 0.130 e. The Morgan fingerprint density at radius 1 is 1.16 bits per heavy atom. The van der Waals surface area contributed by atoms with Crippen molar-refractivity contribution in [3.63, 3.8) is 0 Å². The fourth-order valence-electron chi connectivity index (χ4n) is 1.87. The van der Waals surface area contributed by atoms with E-state index in [4.69, 9.17) is 4.74 Å². The van der Waals surface area contributed by atoms with E-state index < -0.39 is 0 Å². The van der Waals surface area contributed by atoms with Gasteiger partial charge >= 0.3 is 0 Å². The molecule has 0 heterocycles. The molecule has 0 saturated heterocycles. The SMILES string of the molecule is COc1ccc(C(Br)c2cccc(C)c2F)c(Br)c1. The van der Waals surface area contributed by atoms with E-state index in [2.05, 4.69) is 31.9 Å². The summed E-state index contributed by atoms with van der Waals surface area (Å²) in [6, 6.07) is 11.1. The summed E-state index contributed by atoms with van der Waals surface area (Å²) in [5.41, 5.74) is 2.24. The molecule has 19 heavy (non-hydrogen) atoms. The second-order valence-corrected chi connectivity index (χ2v) is 6.00. The van der Waals surface area contributed by atoms with E-state index in [1.54, 1.807) is 26.2 Å². The number of hydrogen-bond acceptors (Lipinski definition) is 1. The van der Waals surface area contributed by atoms with Gasteiger partial charge in [-0.25, -0.2) is 4.39 Å². The molecule has 0 radical (unpaired) electrons. The largest absolute Gasteiger partial charge is 0.497 e. The zero-order valence-corrected chi connectivity index (χ0v) is 13.8. The van der Waals surface area contributed by atoms with Crippen molar-refractivity contribution in [3.05, 3.63) is 63.4 Å². The Balaban J connectivity index is 2.44. The number of halogens is 3. The van der Waals surface area contributed by atoms with Crippen molar-refractivity contribution in [2.45, 2.75) is 11.8 Å². The quantitative estimate of drug-likeness (QED) is 0.641. The summed E-state index contributed by atoms with van der Waals surface area (Å²) in [6.07, 6.45) is 0. The fourth-order valence-corrected chi connectivity index (χ4v) is 3.52. The van der Waals surface area contributed by atoms with Gasteiger partial charge in [0.2, 0.25) is 0 Å². The number of rotatable bonds is 3. The summed E-state index contributed by atoms with van der Waals surface area (Å²) in [7, 11) is 1.62. The van der Waals surface area contributed by atoms with Gasteiger partial charge in [0.1, 0.15) is 11.6 Å². The molecule has 2 aromatic carbocycles. The Morgan fingerprint density at radius 2 is 1.89 bits per heavy atom. The Bertz CT molecular complexity index is 599. The number of methoxy groups -OCH3 is 1. The zero-order chi connectivity index (χ0) is 14.0. The van der Waals surface area contributed by atoms with Gasteiger partial charge in [0, 0.05) is 10.0 Å². The molecule has 0 aliphatic carbocycles. The van der Waals surface area contributed by atoms with Gasteiger partial charge in [-0.2, -0.15) is 0 Å². The first kappa shape index (κ1) is 14.5. The van der Waals surface area contributed by atoms with Crippen molar-refractivity contribution in [1.29, 1.82) is 0 Å². The molecule has 0 bridgehead atoms. The van der Waals surface area contributed by atoms with Crippen LogP contribution in [0.5, 0.6) is 5.75 Å². The van der Waals surface area contributed by atoms with E-state index in [-0.39, 0.29) is 10.6 Å². The molecule has 0 aliphatic rings. The molecule has 0 saturated carbocycles. The molecule has 2 rings (SSSR count). The Kier molecular flexibility index (Phi) is 4.63. The van der Waals surface area contributed by atoms with E-state index in [1.807, 2.05) is 24.3 Å². The van der Waals surface area contributed by atoms with Crippen molar-refractivity contribution in [2.24, 2.45) is 0 Å². The van der Waals surface area contributed by atoms with E-state index >= 15 is 0 Å². The topological polar surface area (TPSA) is 9.23 Å². The molecule has 2 aromatic rings. The van der Waals surface area contributed by atoms with Gasteiger partial charge in [-0.05, 0) is 30.2 Å². The summed E-state index contributed by atoms with van der Waals surface area (Å²) >= 11 is 7.06. The molecule has 100 valence electrons. The van der Waals surface area contributed by atoms with E-state index in [0.29, 0.717) is 11.1 Å². The van der Waals surface area contributed by atoms with Crippen LogP contribution in [0.4, 0.5) is 4.39 Å². The highest BCUT2D eigenvalue weighted by Gasteiger charge is 2.18. The third kappa shape index (κ3) is 3.00. The van der Waals surface area contributed by atoms with Crippen molar-refractivity contribution in [2.75, 3.05) is 7.11 Å². The van der Waals surface area contributed by atoms with Crippen LogP contribution in [0.2, 0.25) is 0 Å². The van der Waals surface area contributed by atoms with Crippen LogP contribution in [0.1, 0.15) is 21.5 Å². The van der Waals surface area contributed by atoms with Crippen LogP contribution in [0.15, 0.2) is 40.9 Å². The Labute approximate surface area is 129 Å². The van der Waals surface area contributed by atoms with E-state index in [1.165, 1.54) is 0 Å². The standard InChI is InChI=1S/C15H13Br2FO/c1-9-4-3-5-12(15(9)18)14(17)11-7-6-10(19-2)8-13(11)16/h3-8,14H,1-2H3. The summed E-state index contributed by atoms with van der Waals surface area (Å²) in [6.45, 7) is 1.77. The Morgan fingerprint density at radius 3 is 2.53 bits per heavy atom. The molecule has 1 nitrogen and oxygen atoms in total. The molecule has 0 aliphatic heterocycles. The predicted octanol–water partition coefficient (Wildman–Crippen LogP) is 5.39. The molecule has 1 unspecified atom stereocenters. The van der Waals surface area contributed by atoms with Gasteiger partial charge in [0.15, 0.2) is 0 Å². The van der Waals surface area contributed by atoms with Gasteiger partial charge in [0.25, 0.3) is 0 Å². The van der Waals surface area contributed by atoms with Gasteiger partial charge in [-0.3, -0.25) is 0 Å². The first-order valence-electron chi connectivity index (χ1n) is 5.77. The molecule has 1 atom stereocenters. The first-order chi connectivity index (χ1) is 9.04. The molecule has 0 N–H and O–H groups in total. The third-order valence-electron chi connectivity index (χ3n) is 2.98. The lowest BCUT2D eigenvalue weighted by molar-refractivity contribution is 0.414. The number of benzene rings is 2. The average molecular weight is 388 g/mol. The molecule has 0 spiro atoms. The van der Waals surface area contributed by atoms with Crippen LogP contribution in [0, 0.1) is 12.7 Å². The molecule has 4 heteroatoms. The Hall–Kier alpha value is -0.870. The highest BCUT2D eigenvalue weighted by Crippen LogP contribution is 2.38. The van der Waals surface area contributed by atoms with Gasteiger partial charge in [-0.15, -0.1) is 0 Å². The van der Waals surface area contributed by atoms with Crippen LogP contribution in [-0.2, 0) is 0 Å². The number of hydrogen-bond donors (Lipinski definition) is 0. The van der Waals surface area contributed by atoms with Crippen molar-refractivity contribution < 1.29 is 9.13 Å². The zero-order valence-electron chi connectivity index (χ0n) is 10.6. The maximum atomic E-state index is 14.1. The molecular weight excluding hydrogens is 375 g/mol. The van der Waals surface area contributed by atoms with Gasteiger partial charge in [0.05, 0.1) is 11.9 Å². The fraction of sp³-hybridized carbons (Fsp3) is 0.200. The van der Waals surface area contributed by atoms with Crippen molar-refractivity contribution in [1.82, 2.24) is 0 Å². The van der Waals surface area contributed by atoms with Gasteiger partial charge in [-0.1, -0.05) is 56.1 Å². The van der Waals surface area contributed by atoms with Crippen molar-refractivity contribution >= 4 is 31.9 Å². The monoisotopic (exact) mass is 386 g/mol. The lowest BCUT2D eigenvalue weighted by atomic mass is 10.0. The minimum atomic E-state index is -0.201. The number of alkyl halides is 1. The van der Waals surface area contributed by atoms with Crippen LogP contribution >= 0.6 is 31.9 Å². The highest BCUT2D eigenvalue weighted by molar-refractivity contribution is 9.11. The van der Waals surface area contributed by atoms with Crippen molar-refractivity contribution in [3.8, 4) is 5.75 Å². The van der Waals surface area contributed by atoms with Crippen LogP contribution < -0.4 is 4.74 Å². The lowest BCUT2D eigenvalue weighted by Gasteiger charge is -2.15. The minimum absolute atomic E-state index is 0.174. The maximum Gasteiger partial charge on any atom is 0.130 e. The second-order valence-electron chi connectivity index (χ2n) is 4.23. The normalized spacial score (nSPS) is 12.3. The third-order valence-corrected chi connectivity index (χ3v) is 4.65. The van der Waals surface area contributed by atoms with Crippen LogP contribution in [-0.4, -0.2) is 7.11 Å². The first-order valence-corrected chi connectivity index (χ1v) is 7.48. The predicted molar refractivity (Wildman–Crippen MR) is 82.6 cm³/mol. The van der Waals surface area contributed by atoms with E-state index in [9.17, 15) is 4.39 Å². The summed E-state index contributed by atoms with van der Waals surface area (Å²) in [4.78, 5) is -0.201. The summed E-state index contributed by atoms with van der Waals surface area (Å²) in [5.74, 6) is 0.590. The minimum Gasteiger partial charge on any atom is -0.497 e. The molecule has 0 aromatic heterocycles. The second kappa shape index (κ2) is 6.06. The van der Waals surface area contributed by atoms with E-state index in [0.717, 1.165) is 15.8 Å². The summed E-state index contributed by atoms with van der Waals surface area (Å²) in [5, 5.41) is 0. The van der Waals surface area contributed by atoms with Crippen LogP contribution in [0.25, 0.3) is 0 Å². The number of aryl methyl sites for hydroxylation is 1.